The van der Waals surface area contributed by atoms with Crippen molar-refractivity contribution in [3.63, 3.8) is 0 Å². The molecule has 0 unspecified atom stereocenters. The van der Waals surface area contributed by atoms with Gasteiger partial charge in [0.25, 0.3) is 11.8 Å². The van der Waals surface area contributed by atoms with Crippen molar-refractivity contribution in [3.8, 4) is 0 Å². The molecule has 42 heavy (non-hydrogen) atoms. The SMILES string of the molecule is CC(=C1C(=O)N(C(C)(C)C)C(=S)N(C(C)(C)C)C1=O)/C(C)=C(C)/C(C)=C1\Sc2c(C)c(C)c(C)c(C)c2N1C(C)(C)C. The number of amides is 2. The fourth-order valence-electron chi connectivity index (χ4n) is 5.78. The Balaban J connectivity index is 2.31. The first-order chi connectivity index (χ1) is 18.9. The quantitative estimate of drug-likeness (QED) is 0.190. The van der Waals surface area contributed by atoms with Crippen LogP contribution >= 0.6 is 24.0 Å². The normalized spacial score (nSPS) is 18.6. The van der Waals surface area contributed by atoms with Crippen molar-refractivity contribution in [1.82, 2.24) is 9.80 Å². The second-order valence-corrected chi connectivity index (χ2v) is 16.2. The van der Waals surface area contributed by atoms with E-state index in [4.69, 9.17) is 12.2 Å². The number of thiocarbonyl (C=S) groups is 1. The van der Waals surface area contributed by atoms with Crippen molar-refractivity contribution in [2.75, 3.05) is 4.90 Å². The third-order valence-corrected chi connectivity index (χ3v) is 10.6. The van der Waals surface area contributed by atoms with Gasteiger partial charge in [-0.25, -0.2) is 0 Å². The number of nitrogens with zero attached hydrogens (tertiary/aromatic N) is 3. The summed E-state index contributed by atoms with van der Waals surface area (Å²) in [5.41, 5.74) is 9.30. The Kier molecular flexibility index (Phi) is 8.90. The average Bonchev–Trinajstić information content (AvgIpc) is 3.24. The van der Waals surface area contributed by atoms with E-state index in [0.717, 1.165) is 16.7 Å². The van der Waals surface area contributed by atoms with Crippen LogP contribution in [0.4, 0.5) is 5.69 Å². The Morgan fingerprint density at radius 1 is 0.595 bits per heavy atom. The van der Waals surface area contributed by atoms with Crippen molar-refractivity contribution < 1.29 is 9.59 Å². The van der Waals surface area contributed by atoms with Crippen LogP contribution < -0.4 is 4.90 Å². The van der Waals surface area contributed by atoms with Crippen molar-refractivity contribution >= 4 is 46.6 Å². The van der Waals surface area contributed by atoms with Gasteiger partial charge in [0.05, 0.1) is 10.7 Å². The first kappa shape index (κ1) is 34.1. The number of carbonyl (C=O) groups excluding carboxylic acids is 2. The fourth-order valence-corrected chi connectivity index (χ4v) is 8.10. The van der Waals surface area contributed by atoms with Crippen LogP contribution in [0.2, 0.25) is 0 Å². The van der Waals surface area contributed by atoms with Crippen LogP contribution in [0.15, 0.2) is 37.8 Å². The summed E-state index contributed by atoms with van der Waals surface area (Å²) in [6.45, 7) is 35.5. The summed E-state index contributed by atoms with van der Waals surface area (Å²) in [6.07, 6.45) is 0. The Morgan fingerprint density at radius 3 is 1.38 bits per heavy atom. The number of thioether (sulfide) groups is 1. The number of hydrogen-bond acceptors (Lipinski definition) is 5. The molecule has 0 spiro atoms. The molecule has 5 nitrogen and oxygen atoms in total. The smallest absolute Gasteiger partial charge is 0.266 e. The minimum atomic E-state index is -0.583. The first-order valence-corrected chi connectivity index (χ1v) is 16.0. The van der Waals surface area contributed by atoms with Crippen LogP contribution in [0.3, 0.4) is 0 Å². The molecule has 0 N–H and O–H groups in total. The van der Waals surface area contributed by atoms with Crippen molar-refractivity contribution in [3.05, 3.63) is 55.1 Å². The minimum Gasteiger partial charge on any atom is -0.329 e. The van der Waals surface area contributed by atoms with E-state index < -0.39 is 11.1 Å². The maximum Gasteiger partial charge on any atom is 0.266 e. The largest absolute Gasteiger partial charge is 0.329 e. The highest BCUT2D eigenvalue weighted by atomic mass is 32.2. The Hall–Kier alpha value is -2.38. The molecule has 0 aliphatic carbocycles. The topological polar surface area (TPSA) is 43.9 Å². The highest BCUT2D eigenvalue weighted by Gasteiger charge is 2.48. The van der Waals surface area contributed by atoms with Gasteiger partial charge in [0.1, 0.15) is 5.57 Å². The molecule has 1 aromatic rings. The molecule has 1 saturated heterocycles. The molecule has 2 heterocycles. The van der Waals surface area contributed by atoms with E-state index in [9.17, 15) is 9.59 Å². The van der Waals surface area contributed by atoms with E-state index in [0.29, 0.717) is 5.57 Å². The summed E-state index contributed by atoms with van der Waals surface area (Å²) in [7, 11) is 0. The van der Waals surface area contributed by atoms with Gasteiger partial charge in [0, 0.05) is 21.5 Å². The zero-order chi connectivity index (χ0) is 32.6. The maximum atomic E-state index is 14.0. The highest BCUT2D eigenvalue weighted by Crippen LogP contribution is 2.55. The summed E-state index contributed by atoms with van der Waals surface area (Å²) in [6, 6.07) is 0. The Morgan fingerprint density at radius 2 is 0.976 bits per heavy atom. The molecule has 1 fully saturated rings. The highest BCUT2D eigenvalue weighted by molar-refractivity contribution is 8.03. The van der Waals surface area contributed by atoms with Gasteiger partial charge in [-0.15, -0.1) is 0 Å². The van der Waals surface area contributed by atoms with Crippen LogP contribution in [0, 0.1) is 27.7 Å². The average molecular weight is 610 g/mol. The van der Waals surface area contributed by atoms with Gasteiger partial charge in [0.15, 0.2) is 5.11 Å². The number of allylic oxidation sites excluding steroid dienone is 4. The van der Waals surface area contributed by atoms with Crippen LogP contribution in [-0.4, -0.2) is 43.3 Å². The number of carbonyl (C=O) groups is 2. The predicted molar refractivity (Wildman–Crippen MR) is 183 cm³/mol. The van der Waals surface area contributed by atoms with Crippen LogP contribution in [0.25, 0.3) is 0 Å². The number of anilines is 1. The maximum absolute atomic E-state index is 14.0. The van der Waals surface area contributed by atoms with E-state index in [1.54, 1.807) is 9.80 Å². The summed E-state index contributed by atoms with van der Waals surface area (Å²) >= 11 is 7.58. The molecule has 2 aliphatic rings. The number of benzene rings is 1. The number of fused-ring (bicyclic) bond motifs is 1. The van der Waals surface area contributed by atoms with Crippen molar-refractivity contribution in [2.24, 2.45) is 0 Å². The lowest BCUT2D eigenvalue weighted by Gasteiger charge is -2.48. The molecule has 0 aromatic heterocycles. The second kappa shape index (κ2) is 11.0. The second-order valence-electron chi connectivity index (χ2n) is 14.9. The molecule has 0 bridgehead atoms. The lowest BCUT2D eigenvalue weighted by molar-refractivity contribution is -0.138. The molecular formula is C35H51N3O2S2. The fraction of sp³-hybridized carbons (Fsp3) is 0.571. The number of rotatable bonds is 2. The third-order valence-electron chi connectivity index (χ3n) is 8.84. The van der Waals surface area contributed by atoms with Crippen LogP contribution in [-0.2, 0) is 9.59 Å². The van der Waals surface area contributed by atoms with E-state index in [1.165, 1.54) is 37.9 Å². The van der Waals surface area contributed by atoms with Crippen LogP contribution in [0.5, 0.6) is 0 Å². The minimum absolute atomic E-state index is 0.152. The standard InChI is InChI=1S/C35H51N3O2S2/c1-18(22(5)26-29(39)37(34(12,13)14)32(41)38(30(26)40)35(15,16)17)21(4)25(8)31-36(33(9,10)11)27-23(6)19(2)20(3)24(7)28(27)42-31/h1-17H3/b21-18+,31-25-. The summed E-state index contributed by atoms with van der Waals surface area (Å²) in [5, 5.41) is 1.45. The monoisotopic (exact) mass is 609 g/mol. The molecule has 1 aromatic carbocycles. The lowest BCUT2D eigenvalue weighted by atomic mass is 9.90. The molecule has 7 heteroatoms. The third kappa shape index (κ3) is 5.52. The predicted octanol–water partition coefficient (Wildman–Crippen LogP) is 9.07. The molecule has 2 amide bonds. The van der Waals surface area contributed by atoms with Gasteiger partial charge in [-0.2, -0.15) is 0 Å². The number of hydrogen-bond donors (Lipinski definition) is 0. The Bertz CT molecular complexity index is 1450. The molecular weight excluding hydrogens is 559 g/mol. The first-order valence-electron chi connectivity index (χ1n) is 14.8. The lowest BCUT2D eigenvalue weighted by Crippen LogP contribution is -2.65. The molecule has 2 aliphatic heterocycles. The van der Waals surface area contributed by atoms with E-state index >= 15 is 0 Å². The summed E-state index contributed by atoms with van der Waals surface area (Å²) in [5.74, 6) is -0.659. The van der Waals surface area contributed by atoms with Gasteiger partial charge in [0.2, 0.25) is 0 Å². The van der Waals surface area contributed by atoms with Crippen molar-refractivity contribution in [2.45, 2.75) is 139 Å². The van der Waals surface area contributed by atoms with Gasteiger partial charge in [-0.05, 0) is 174 Å². The summed E-state index contributed by atoms with van der Waals surface area (Å²) in [4.78, 5) is 35.0. The van der Waals surface area contributed by atoms with E-state index in [-0.39, 0.29) is 28.0 Å². The van der Waals surface area contributed by atoms with E-state index in [1.807, 2.05) is 67.2 Å². The van der Waals surface area contributed by atoms with Gasteiger partial charge in [-0.3, -0.25) is 19.4 Å². The molecule has 0 radical (unpaired) electrons. The summed E-state index contributed by atoms with van der Waals surface area (Å²) < 4.78 is 0. The molecule has 0 saturated carbocycles. The molecule has 3 rings (SSSR count). The zero-order valence-electron chi connectivity index (χ0n) is 29.0. The van der Waals surface area contributed by atoms with Gasteiger partial charge >= 0.3 is 0 Å². The Labute approximate surface area is 264 Å². The molecule has 0 atom stereocenters. The van der Waals surface area contributed by atoms with E-state index in [2.05, 4.69) is 67.2 Å². The zero-order valence-corrected chi connectivity index (χ0v) is 30.6. The van der Waals surface area contributed by atoms with Gasteiger partial charge < -0.3 is 4.90 Å². The van der Waals surface area contributed by atoms with Crippen molar-refractivity contribution in [1.29, 1.82) is 0 Å². The molecule has 230 valence electrons. The van der Waals surface area contributed by atoms with Crippen LogP contribution in [0.1, 0.15) is 112 Å². The van der Waals surface area contributed by atoms with Gasteiger partial charge in [-0.1, -0.05) is 11.8 Å².